The van der Waals surface area contributed by atoms with Gasteiger partial charge in [0, 0.05) is 12.2 Å². The van der Waals surface area contributed by atoms with Gasteiger partial charge in [0.15, 0.2) is 5.75 Å². The van der Waals surface area contributed by atoms with E-state index < -0.39 is 0 Å². The van der Waals surface area contributed by atoms with Crippen LogP contribution in [-0.4, -0.2) is 9.67 Å². The van der Waals surface area contributed by atoms with Gasteiger partial charge in [-0.2, -0.15) is 0 Å². The van der Waals surface area contributed by atoms with Crippen LogP contribution in [0.4, 0.5) is 0 Å². The quantitative estimate of drug-likeness (QED) is 0.776. The van der Waals surface area contributed by atoms with E-state index in [9.17, 15) is 5.11 Å². The van der Waals surface area contributed by atoms with Gasteiger partial charge in [-0.05, 0) is 31.9 Å². The number of nitrogens with zero attached hydrogens (tertiary/aromatic N) is 1. The zero-order valence-electron chi connectivity index (χ0n) is 9.00. The molecule has 1 N–H and O–H groups in total. The first kappa shape index (κ1) is 11.2. The van der Waals surface area contributed by atoms with Crippen molar-refractivity contribution in [2.45, 2.75) is 40.2 Å². The summed E-state index contributed by atoms with van der Waals surface area (Å²) in [5.74, 6) is 0.221. The van der Waals surface area contributed by atoms with E-state index in [0.29, 0.717) is 4.64 Å². The molecule has 0 aliphatic carbocycles. The zero-order chi connectivity index (χ0) is 10.7. The Kier molecular flexibility index (Phi) is 3.69. The van der Waals surface area contributed by atoms with E-state index in [1.807, 2.05) is 18.4 Å². The van der Waals surface area contributed by atoms with Gasteiger partial charge in [-0.3, -0.25) is 0 Å². The Morgan fingerprint density at radius 2 is 2.07 bits per heavy atom. The topological polar surface area (TPSA) is 25.2 Å². The van der Waals surface area contributed by atoms with Crippen LogP contribution in [0.2, 0.25) is 0 Å². The van der Waals surface area contributed by atoms with Crippen LogP contribution < -0.4 is 0 Å². The minimum atomic E-state index is 0.221. The predicted molar refractivity (Wildman–Crippen MR) is 61.3 cm³/mol. The van der Waals surface area contributed by atoms with Gasteiger partial charge in [-0.15, -0.1) is 0 Å². The van der Waals surface area contributed by atoms with Crippen molar-refractivity contribution in [2.24, 2.45) is 0 Å². The lowest BCUT2D eigenvalue weighted by Crippen LogP contribution is -2.06. The second-order valence-corrected chi connectivity index (χ2v) is 4.00. The summed E-state index contributed by atoms with van der Waals surface area (Å²) in [6.07, 6.45) is 2.23. The monoisotopic (exact) mass is 211 g/mol. The third-order valence-corrected chi connectivity index (χ3v) is 2.96. The molecule has 3 heteroatoms. The van der Waals surface area contributed by atoms with Crippen LogP contribution in [0, 0.1) is 18.5 Å². The van der Waals surface area contributed by atoms with Crippen LogP contribution in [0.5, 0.6) is 5.75 Å². The molecule has 1 aromatic heterocycles. The molecule has 0 fully saturated rings. The first-order valence-corrected chi connectivity index (χ1v) is 5.38. The molecule has 0 aliphatic heterocycles. The van der Waals surface area contributed by atoms with Crippen molar-refractivity contribution in [3.8, 4) is 5.75 Å². The molecule has 1 rings (SSSR count). The summed E-state index contributed by atoms with van der Waals surface area (Å²) in [5.41, 5.74) is 2.24. The standard InChI is InChI=1S/C11H17NOS/c1-4-5-6-12-9(3)8(2)7-10(13)11(12)14/h7,13H,4-6H2,1-3H3. The molecule has 0 aromatic carbocycles. The molecule has 1 heterocycles. The molecule has 0 bridgehead atoms. The summed E-state index contributed by atoms with van der Waals surface area (Å²) in [5, 5.41) is 9.58. The number of unbranched alkanes of at least 4 members (excludes halogenated alkanes) is 1. The Labute approximate surface area is 90.2 Å². The van der Waals surface area contributed by atoms with Gasteiger partial charge in [0.2, 0.25) is 0 Å². The Bertz CT molecular complexity index is 382. The van der Waals surface area contributed by atoms with E-state index in [-0.39, 0.29) is 5.75 Å². The van der Waals surface area contributed by atoms with Crippen molar-refractivity contribution in [1.82, 2.24) is 4.57 Å². The average Bonchev–Trinajstić information content (AvgIpc) is 2.15. The molecule has 14 heavy (non-hydrogen) atoms. The molecule has 0 atom stereocenters. The third-order valence-electron chi connectivity index (χ3n) is 2.53. The molecule has 0 aliphatic rings. The minimum Gasteiger partial charge on any atom is -0.505 e. The highest BCUT2D eigenvalue weighted by Gasteiger charge is 2.04. The summed E-state index contributed by atoms with van der Waals surface area (Å²) in [6.45, 7) is 7.08. The van der Waals surface area contributed by atoms with Gasteiger partial charge in [-0.1, -0.05) is 25.6 Å². The van der Waals surface area contributed by atoms with Crippen LogP contribution in [-0.2, 0) is 6.54 Å². The lowest BCUT2D eigenvalue weighted by molar-refractivity contribution is 0.457. The van der Waals surface area contributed by atoms with Gasteiger partial charge in [0.1, 0.15) is 4.64 Å². The molecule has 0 radical (unpaired) electrons. The lowest BCUT2D eigenvalue weighted by atomic mass is 10.2. The molecule has 0 spiro atoms. The maximum absolute atomic E-state index is 9.58. The predicted octanol–water partition coefficient (Wildman–Crippen LogP) is 3.34. The lowest BCUT2D eigenvalue weighted by Gasteiger charge is -2.13. The maximum Gasteiger partial charge on any atom is 0.150 e. The number of aromatic nitrogens is 1. The van der Waals surface area contributed by atoms with Crippen LogP contribution in [0.25, 0.3) is 0 Å². The first-order chi connectivity index (χ1) is 6.57. The summed E-state index contributed by atoms with van der Waals surface area (Å²) < 4.78 is 2.57. The number of rotatable bonds is 3. The van der Waals surface area contributed by atoms with Crippen LogP contribution >= 0.6 is 12.2 Å². The molecule has 0 saturated heterocycles. The van der Waals surface area contributed by atoms with E-state index in [1.165, 1.54) is 0 Å². The van der Waals surface area contributed by atoms with E-state index >= 15 is 0 Å². The van der Waals surface area contributed by atoms with Crippen molar-refractivity contribution >= 4 is 12.2 Å². The zero-order valence-corrected chi connectivity index (χ0v) is 9.82. The van der Waals surface area contributed by atoms with Crippen LogP contribution in [0.1, 0.15) is 31.0 Å². The molecular formula is C11H17NOS. The normalized spacial score (nSPS) is 10.5. The van der Waals surface area contributed by atoms with Crippen LogP contribution in [0.3, 0.4) is 0 Å². The Hall–Kier alpha value is -0.830. The number of pyridine rings is 1. The first-order valence-electron chi connectivity index (χ1n) is 4.98. The van der Waals surface area contributed by atoms with Gasteiger partial charge < -0.3 is 9.67 Å². The van der Waals surface area contributed by atoms with E-state index in [0.717, 1.165) is 30.6 Å². The van der Waals surface area contributed by atoms with Crippen molar-refractivity contribution in [1.29, 1.82) is 0 Å². The largest absolute Gasteiger partial charge is 0.505 e. The fraction of sp³-hybridized carbons (Fsp3) is 0.545. The van der Waals surface area contributed by atoms with Crippen molar-refractivity contribution in [3.63, 3.8) is 0 Å². The summed E-state index contributed by atoms with van der Waals surface area (Å²) >= 11 is 5.17. The SMILES string of the molecule is CCCCn1c(C)c(C)cc(O)c1=S. The summed E-state index contributed by atoms with van der Waals surface area (Å²) in [6, 6.07) is 1.74. The van der Waals surface area contributed by atoms with Crippen LogP contribution in [0.15, 0.2) is 6.07 Å². The molecular weight excluding hydrogens is 194 g/mol. The van der Waals surface area contributed by atoms with E-state index in [4.69, 9.17) is 12.2 Å². The molecule has 0 amide bonds. The van der Waals surface area contributed by atoms with Gasteiger partial charge >= 0.3 is 0 Å². The van der Waals surface area contributed by atoms with E-state index in [1.54, 1.807) is 6.07 Å². The summed E-state index contributed by atoms with van der Waals surface area (Å²) in [4.78, 5) is 0. The Morgan fingerprint density at radius 3 is 2.64 bits per heavy atom. The van der Waals surface area contributed by atoms with E-state index in [2.05, 4.69) is 6.92 Å². The van der Waals surface area contributed by atoms with Crippen molar-refractivity contribution < 1.29 is 5.11 Å². The van der Waals surface area contributed by atoms with Gasteiger partial charge in [0.25, 0.3) is 0 Å². The van der Waals surface area contributed by atoms with Crippen molar-refractivity contribution in [2.75, 3.05) is 0 Å². The fourth-order valence-corrected chi connectivity index (χ4v) is 1.75. The number of hydrogen-bond donors (Lipinski definition) is 1. The Morgan fingerprint density at radius 1 is 1.43 bits per heavy atom. The summed E-state index contributed by atoms with van der Waals surface area (Å²) in [7, 11) is 0. The highest BCUT2D eigenvalue weighted by atomic mass is 32.1. The highest BCUT2D eigenvalue weighted by molar-refractivity contribution is 7.71. The minimum absolute atomic E-state index is 0.221. The number of aromatic hydroxyl groups is 1. The third kappa shape index (κ3) is 2.15. The smallest absolute Gasteiger partial charge is 0.150 e. The average molecular weight is 211 g/mol. The van der Waals surface area contributed by atoms with Gasteiger partial charge in [-0.25, -0.2) is 0 Å². The second kappa shape index (κ2) is 4.60. The molecule has 0 unspecified atom stereocenters. The fourth-order valence-electron chi connectivity index (χ4n) is 1.46. The molecule has 78 valence electrons. The molecule has 0 saturated carbocycles. The van der Waals surface area contributed by atoms with Crippen molar-refractivity contribution in [3.05, 3.63) is 22.0 Å². The molecule has 2 nitrogen and oxygen atoms in total. The highest BCUT2D eigenvalue weighted by Crippen LogP contribution is 2.18. The maximum atomic E-state index is 9.58. The van der Waals surface area contributed by atoms with Gasteiger partial charge in [0.05, 0.1) is 0 Å². The number of hydrogen-bond acceptors (Lipinski definition) is 2. The Balaban J connectivity index is 3.18. The molecule has 1 aromatic rings. The number of aryl methyl sites for hydroxylation is 1. The second-order valence-electron chi connectivity index (χ2n) is 3.61.